The molecule has 1 saturated heterocycles. The van der Waals surface area contributed by atoms with Crippen LogP contribution in [0.1, 0.15) is 44.8 Å². The molecule has 0 aliphatic carbocycles. The molecule has 1 aliphatic rings. The van der Waals surface area contributed by atoms with Crippen molar-refractivity contribution in [2.75, 3.05) is 6.54 Å². The topological polar surface area (TPSA) is 32.3 Å². The summed E-state index contributed by atoms with van der Waals surface area (Å²) in [6, 6.07) is 3.57. The maximum atomic E-state index is 13.9. The highest BCUT2D eigenvalue weighted by Gasteiger charge is 2.36. The molecule has 0 radical (unpaired) electrons. The Morgan fingerprint density at radius 3 is 2.75 bits per heavy atom. The number of amides is 1. The molecule has 1 N–H and O–H groups in total. The van der Waals surface area contributed by atoms with Crippen LogP contribution in [-0.4, -0.2) is 23.4 Å². The third-order valence-corrected chi connectivity index (χ3v) is 3.76. The van der Waals surface area contributed by atoms with E-state index in [2.05, 4.69) is 12.2 Å². The fourth-order valence-electron chi connectivity index (χ4n) is 2.79. The van der Waals surface area contributed by atoms with E-state index in [1.54, 1.807) is 4.90 Å². The SMILES string of the molecule is CCCC(CC)N1C(=O)CNC1c1ccc(F)cc1F. The predicted molar refractivity (Wildman–Crippen MR) is 72.9 cm³/mol. The van der Waals surface area contributed by atoms with Gasteiger partial charge in [-0.15, -0.1) is 0 Å². The van der Waals surface area contributed by atoms with E-state index in [1.165, 1.54) is 12.1 Å². The maximum Gasteiger partial charge on any atom is 0.238 e. The highest BCUT2D eigenvalue weighted by Crippen LogP contribution is 2.29. The zero-order valence-corrected chi connectivity index (χ0v) is 11.8. The van der Waals surface area contributed by atoms with Gasteiger partial charge in [0.25, 0.3) is 0 Å². The Bertz CT molecular complexity index is 493. The van der Waals surface area contributed by atoms with Crippen molar-refractivity contribution in [2.24, 2.45) is 0 Å². The predicted octanol–water partition coefficient (Wildman–Crippen LogP) is 2.97. The van der Waals surface area contributed by atoms with Gasteiger partial charge < -0.3 is 4.90 Å². The number of nitrogens with zero attached hydrogens (tertiary/aromatic N) is 1. The van der Waals surface area contributed by atoms with Crippen molar-refractivity contribution in [1.29, 1.82) is 0 Å². The minimum atomic E-state index is -0.617. The Labute approximate surface area is 118 Å². The molecule has 0 spiro atoms. The number of carbonyl (C=O) groups is 1. The minimum Gasteiger partial charge on any atom is -0.319 e. The first kappa shape index (κ1) is 14.9. The Hall–Kier alpha value is -1.49. The molecule has 5 heteroatoms. The lowest BCUT2D eigenvalue weighted by molar-refractivity contribution is -0.130. The quantitative estimate of drug-likeness (QED) is 0.900. The summed E-state index contributed by atoms with van der Waals surface area (Å²) in [6.07, 6.45) is 2.16. The molecule has 2 rings (SSSR count). The van der Waals surface area contributed by atoms with Crippen molar-refractivity contribution in [3.8, 4) is 0 Å². The Morgan fingerprint density at radius 1 is 1.40 bits per heavy atom. The van der Waals surface area contributed by atoms with Crippen LogP contribution >= 0.6 is 0 Å². The van der Waals surface area contributed by atoms with E-state index < -0.39 is 17.8 Å². The second-order valence-electron chi connectivity index (χ2n) is 5.10. The standard InChI is InChI=1S/C15H20F2N2O/c1-3-5-11(4-2)19-14(20)9-18-15(19)12-7-6-10(16)8-13(12)17/h6-8,11,15,18H,3-5,9H2,1-2H3. The van der Waals surface area contributed by atoms with Gasteiger partial charge in [0.05, 0.1) is 6.54 Å². The monoisotopic (exact) mass is 282 g/mol. The molecule has 3 nitrogen and oxygen atoms in total. The van der Waals surface area contributed by atoms with Crippen molar-refractivity contribution in [1.82, 2.24) is 10.2 Å². The summed E-state index contributed by atoms with van der Waals surface area (Å²) < 4.78 is 27.0. The summed E-state index contributed by atoms with van der Waals surface area (Å²) in [4.78, 5) is 13.8. The lowest BCUT2D eigenvalue weighted by atomic mass is 10.0. The van der Waals surface area contributed by atoms with E-state index in [1.807, 2.05) is 6.92 Å². The molecule has 0 bridgehead atoms. The highest BCUT2D eigenvalue weighted by atomic mass is 19.1. The van der Waals surface area contributed by atoms with Crippen LogP contribution in [0, 0.1) is 11.6 Å². The Morgan fingerprint density at radius 2 is 2.15 bits per heavy atom. The zero-order chi connectivity index (χ0) is 14.7. The van der Waals surface area contributed by atoms with Crippen molar-refractivity contribution in [3.63, 3.8) is 0 Å². The van der Waals surface area contributed by atoms with Crippen molar-refractivity contribution >= 4 is 5.91 Å². The minimum absolute atomic E-state index is 0.0287. The number of hydrogen-bond donors (Lipinski definition) is 1. The van der Waals surface area contributed by atoms with Gasteiger partial charge in [0.1, 0.15) is 17.8 Å². The summed E-state index contributed by atoms with van der Waals surface area (Å²) in [5.74, 6) is -1.25. The maximum absolute atomic E-state index is 13.9. The number of benzene rings is 1. The van der Waals surface area contributed by atoms with Gasteiger partial charge in [-0.1, -0.05) is 20.3 Å². The summed E-state index contributed by atoms with van der Waals surface area (Å²) in [5.41, 5.74) is 0.326. The van der Waals surface area contributed by atoms with Crippen LogP contribution < -0.4 is 5.32 Å². The van der Waals surface area contributed by atoms with Gasteiger partial charge >= 0.3 is 0 Å². The van der Waals surface area contributed by atoms with Gasteiger partial charge in [-0.25, -0.2) is 8.78 Å². The molecule has 1 fully saturated rings. The van der Waals surface area contributed by atoms with E-state index >= 15 is 0 Å². The largest absolute Gasteiger partial charge is 0.319 e. The number of hydrogen-bond acceptors (Lipinski definition) is 2. The van der Waals surface area contributed by atoms with Gasteiger partial charge in [0, 0.05) is 17.7 Å². The Kier molecular flexibility index (Phi) is 4.70. The van der Waals surface area contributed by atoms with Crippen LogP contribution in [0.15, 0.2) is 18.2 Å². The molecule has 110 valence electrons. The van der Waals surface area contributed by atoms with Gasteiger partial charge in [-0.05, 0) is 25.0 Å². The fourth-order valence-corrected chi connectivity index (χ4v) is 2.79. The van der Waals surface area contributed by atoms with Crippen molar-refractivity contribution in [3.05, 3.63) is 35.4 Å². The molecular formula is C15H20F2N2O. The highest BCUT2D eigenvalue weighted by molar-refractivity contribution is 5.81. The van der Waals surface area contributed by atoms with Crippen LogP contribution in [0.25, 0.3) is 0 Å². The normalized spacial score (nSPS) is 20.5. The zero-order valence-electron chi connectivity index (χ0n) is 11.8. The number of halogens is 2. The number of carbonyl (C=O) groups excluding carboxylic acids is 1. The van der Waals surface area contributed by atoms with E-state index in [0.29, 0.717) is 5.56 Å². The van der Waals surface area contributed by atoms with Crippen LogP contribution in [0.5, 0.6) is 0 Å². The van der Waals surface area contributed by atoms with Crippen LogP contribution in [-0.2, 0) is 4.79 Å². The molecule has 1 aromatic rings. The van der Waals surface area contributed by atoms with Crippen LogP contribution in [0.4, 0.5) is 8.78 Å². The second kappa shape index (κ2) is 6.31. The molecule has 2 unspecified atom stereocenters. The summed E-state index contributed by atoms with van der Waals surface area (Å²) in [5, 5.41) is 3.02. The van der Waals surface area contributed by atoms with Gasteiger partial charge in [0.2, 0.25) is 5.91 Å². The fraction of sp³-hybridized carbons (Fsp3) is 0.533. The first-order chi connectivity index (χ1) is 9.58. The van der Waals surface area contributed by atoms with Crippen LogP contribution in [0.3, 0.4) is 0 Å². The third kappa shape index (κ3) is 2.82. The second-order valence-corrected chi connectivity index (χ2v) is 5.10. The molecular weight excluding hydrogens is 262 g/mol. The molecule has 1 heterocycles. The van der Waals surface area contributed by atoms with E-state index in [0.717, 1.165) is 25.3 Å². The average Bonchev–Trinajstić information content (AvgIpc) is 2.78. The van der Waals surface area contributed by atoms with Gasteiger partial charge in [-0.2, -0.15) is 0 Å². The molecule has 2 atom stereocenters. The van der Waals surface area contributed by atoms with Crippen molar-refractivity contribution < 1.29 is 13.6 Å². The Balaban J connectivity index is 2.31. The van der Waals surface area contributed by atoms with Crippen molar-refractivity contribution in [2.45, 2.75) is 45.3 Å². The molecule has 1 aromatic carbocycles. The lowest BCUT2D eigenvalue weighted by Gasteiger charge is -2.32. The molecule has 0 saturated carbocycles. The summed E-state index contributed by atoms with van der Waals surface area (Å²) in [7, 11) is 0. The smallest absolute Gasteiger partial charge is 0.238 e. The van der Waals surface area contributed by atoms with E-state index in [4.69, 9.17) is 0 Å². The number of nitrogens with one attached hydrogen (secondary N) is 1. The molecule has 0 aromatic heterocycles. The van der Waals surface area contributed by atoms with E-state index in [-0.39, 0.29) is 18.5 Å². The first-order valence-electron chi connectivity index (χ1n) is 7.08. The third-order valence-electron chi connectivity index (χ3n) is 3.76. The summed E-state index contributed by atoms with van der Waals surface area (Å²) >= 11 is 0. The lowest BCUT2D eigenvalue weighted by Crippen LogP contribution is -2.39. The molecule has 1 aliphatic heterocycles. The van der Waals surface area contributed by atoms with Gasteiger partial charge in [0.15, 0.2) is 0 Å². The summed E-state index contributed by atoms with van der Waals surface area (Å²) in [6.45, 7) is 4.27. The molecule has 1 amide bonds. The van der Waals surface area contributed by atoms with E-state index in [9.17, 15) is 13.6 Å². The molecule has 20 heavy (non-hydrogen) atoms. The van der Waals surface area contributed by atoms with Crippen LogP contribution in [0.2, 0.25) is 0 Å². The van der Waals surface area contributed by atoms with Gasteiger partial charge in [-0.3, -0.25) is 10.1 Å². The first-order valence-corrected chi connectivity index (χ1v) is 7.08. The number of rotatable bonds is 5. The average molecular weight is 282 g/mol.